The van der Waals surface area contributed by atoms with E-state index in [4.69, 9.17) is 5.73 Å². The molecular formula is C31H61N3O3. The number of nitrogens with two attached hydrogens (primary N) is 1. The second kappa shape index (κ2) is 26.0. The van der Waals surface area contributed by atoms with E-state index in [0.717, 1.165) is 44.9 Å². The average molecular weight is 524 g/mol. The topological polar surface area (TPSA) is 92.5 Å². The number of carbonyl (C=O) groups is 3. The predicted molar refractivity (Wildman–Crippen MR) is 156 cm³/mol. The molecule has 0 aliphatic heterocycles. The van der Waals surface area contributed by atoms with Crippen LogP contribution >= 0.6 is 0 Å². The van der Waals surface area contributed by atoms with Crippen molar-refractivity contribution >= 4 is 17.7 Å². The SMILES string of the molecule is CCCCCCCCCCCCCCCCCC(=O)N[C@@H](CCC(N)=O)C(=O)N(CCCC)CCCC. The lowest BCUT2D eigenvalue weighted by atomic mass is 10.0. The zero-order valence-electron chi connectivity index (χ0n) is 24.8. The molecule has 3 amide bonds. The number of amides is 3. The Labute approximate surface area is 229 Å². The molecule has 0 aliphatic carbocycles. The molecule has 0 bridgehead atoms. The smallest absolute Gasteiger partial charge is 0.245 e. The normalized spacial score (nSPS) is 11.9. The molecule has 0 aliphatic rings. The predicted octanol–water partition coefficient (Wildman–Crippen LogP) is 7.43. The Morgan fingerprint density at radius 2 is 1.00 bits per heavy atom. The molecular weight excluding hydrogens is 462 g/mol. The summed E-state index contributed by atoms with van der Waals surface area (Å²) in [5, 5.41) is 2.92. The van der Waals surface area contributed by atoms with Gasteiger partial charge in [-0.15, -0.1) is 0 Å². The van der Waals surface area contributed by atoms with Crippen LogP contribution in [-0.2, 0) is 14.4 Å². The summed E-state index contributed by atoms with van der Waals surface area (Å²) >= 11 is 0. The quantitative estimate of drug-likeness (QED) is 0.110. The van der Waals surface area contributed by atoms with Gasteiger partial charge in [0.1, 0.15) is 6.04 Å². The van der Waals surface area contributed by atoms with Gasteiger partial charge in [0.15, 0.2) is 0 Å². The van der Waals surface area contributed by atoms with E-state index < -0.39 is 11.9 Å². The van der Waals surface area contributed by atoms with Gasteiger partial charge in [0, 0.05) is 25.9 Å². The van der Waals surface area contributed by atoms with Gasteiger partial charge in [-0.2, -0.15) is 0 Å². The van der Waals surface area contributed by atoms with E-state index in [1.807, 2.05) is 4.90 Å². The van der Waals surface area contributed by atoms with Crippen LogP contribution in [0.5, 0.6) is 0 Å². The van der Waals surface area contributed by atoms with Gasteiger partial charge in [-0.25, -0.2) is 0 Å². The maximum Gasteiger partial charge on any atom is 0.245 e. The minimum atomic E-state index is -0.662. The Bertz CT molecular complexity index is 560. The van der Waals surface area contributed by atoms with Crippen LogP contribution in [0.1, 0.15) is 162 Å². The van der Waals surface area contributed by atoms with Gasteiger partial charge in [0.25, 0.3) is 0 Å². The molecule has 218 valence electrons. The second-order valence-electron chi connectivity index (χ2n) is 10.9. The Kier molecular flexibility index (Phi) is 24.9. The first-order valence-corrected chi connectivity index (χ1v) is 15.8. The van der Waals surface area contributed by atoms with Crippen LogP contribution in [-0.4, -0.2) is 41.8 Å². The number of rotatable bonds is 27. The fraction of sp³-hybridized carbons (Fsp3) is 0.903. The van der Waals surface area contributed by atoms with Gasteiger partial charge in [-0.3, -0.25) is 14.4 Å². The largest absolute Gasteiger partial charge is 0.370 e. The van der Waals surface area contributed by atoms with Crippen LogP contribution in [0.2, 0.25) is 0 Å². The lowest BCUT2D eigenvalue weighted by Crippen LogP contribution is -2.49. The van der Waals surface area contributed by atoms with E-state index in [2.05, 4.69) is 26.1 Å². The molecule has 0 heterocycles. The maximum atomic E-state index is 13.2. The van der Waals surface area contributed by atoms with Gasteiger partial charge < -0.3 is 16.0 Å². The highest BCUT2D eigenvalue weighted by atomic mass is 16.2. The molecule has 6 nitrogen and oxygen atoms in total. The van der Waals surface area contributed by atoms with Crippen molar-refractivity contribution in [2.24, 2.45) is 5.73 Å². The van der Waals surface area contributed by atoms with E-state index in [9.17, 15) is 14.4 Å². The number of primary amides is 1. The minimum Gasteiger partial charge on any atom is -0.370 e. The van der Waals surface area contributed by atoms with Gasteiger partial charge in [0.2, 0.25) is 17.7 Å². The molecule has 6 heteroatoms. The third kappa shape index (κ3) is 22.1. The fourth-order valence-electron chi connectivity index (χ4n) is 4.72. The summed E-state index contributed by atoms with van der Waals surface area (Å²) in [5.74, 6) is -0.612. The van der Waals surface area contributed by atoms with Crippen LogP contribution in [0.4, 0.5) is 0 Å². The van der Waals surface area contributed by atoms with Crippen molar-refractivity contribution in [2.45, 2.75) is 168 Å². The van der Waals surface area contributed by atoms with Crippen molar-refractivity contribution in [1.29, 1.82) is 0 Å². The number of unbranched alkanes of at least 4 members (excludes halogenated alkanes) is 16. The minimum absolute atomic E-state index is 0.0759. The van der Waals surface area contributed by atoms with Crippen LogP contribution in [0, 0.1) is 0 Å². The molecule has 1 atom stereocenters. The van der Waals surface area contributed by atoms with Gasteiger partial charge in [-0.05, 0) is 25.7 Å². The fourth-order valence-corrected chi connectivity index (χ4v) is 4.72. The van der Waals surface area contributed by atoms with Gasteiger partial charge in [-0.1, -0.05) is 124 Å². The molecule has 0 saturated heterocycles. The van der Waals surface area contributed by atoms with Crippen LogP contribution in [0.25, 0.3) is 0 Å². The Balaban J connectivity index is 4.12. The lowest BCUT2D eigenvalue weighted by molar-refractivity contribution is -0.137. The lowest BCUT2D eigenvalue weighted by Gasteiger charge is -2.28. The standard InChI is InChI=1S/C31H61N3O3/c1-4-7-10-11-12-13-14-15-16-17-18-19-20-21-22-23-30(36)33-28(24-25-29(32)35)31(37)34(26-8-5-2)27-9-6-3/h28H,4-27H2,1-3H3,(H2,32,35)(H,33,36)/t28-/m0/s1. The highest BCUT2D eigenvalue weighted by molar-refractivity contribution is 5.88. The number of nitrogens with one attached hydrogen (secondary N) is 1. The maximum absolute atomic E-state index is 13.2. The summed E-state index contributed by atoms with van der Waals surface area (Å²) in [6.07, 6.45) is 24.0. The van der Waals surface area contributed by atoms with Crippen LogP contribution < -0.4 is 11.1 Å². The highest BCUT2D eigenvalue weighted by Crippen LogP contribution is 2.14. The Morgan fingerprint density at radius 3 is 1.41 bits per heavy atom. The molecule has 0 fully saturated rings. The van der Waals surface area contributed by atoms with Gasteiger partial charge in [0.05, 0.1) is 0 Å². The molecule has 0 aromatic carbocycles. The first-order valence-electron chi connectivity index (χ1n) is 15.8. The summed E-state index contributed by atoms with van der Waals surface area (Å²) in [5.41, 5.74) is 5.33. The molecule has 0 rings (SSSR count). The van der Waals surface area contributed by atoms with E-state index in [1.54, 1.807) is 0 Å². The molecule has 0 spiro atoms. The van der Waals surface area contributed by atoms with E-state index in [1.165, 1.54) is 77.0 Å². The van der Waals surface area contributed by atoms with E-state index in [0.29, 0.717) is 19.5 Å². The summed E-state index contributed by atoms with van der Waals surface area (Å²) in [6, 6.07) is -0.662. The number of hydrogen-bond acceptors (Lipinski definition) is 3. The monoisotopic (exact) mass is 523 g/mol. The third-order valence-electron chi connectivity index (χ3n) is 7.19. The zero-order chi connectivity index (χ0) is 27.6. The summed E-state index contributed by atoms with van der Waals surface area (Å²) in [6.45, 7) is 7.86. The van der Waals surface area contributed by atoms with Gasteiger partial charge >= 0.3 is 0 Å². The average Bonchev–Trinajstić information content (AvgIpc) is 2.88. The Hall–Kier alpha value is -1.59. The van der Waals surface area contributed by atoms with Crippen molar-refractivity contribution in [1.82, 2.24) is 10.2 Å². The van der Waals surface area contributed by atoms with Crippen molar-refractivity contribution in [3.8, 4) is 0 Å². The molecule has 0 unspecified atom stereocenters. The molecule has 3 N–H and O–H groups in total. The van der Waals surface area contributed by atoms with Crippen molar-refractivity contribution in [2.75, 3.05) is 13.1 Å². The van der Waals surface area contributed by atoms with E-state index in [-0.39, 0.29) is 24.7 Å². The Morgan fingerprint density at radius 1 is 0.595 bits per heavy atom. The zero-order valence-corrected chi connectivity index (χ0v) is 24.8. The van der Waals surface area contributed by atoms with Crippen molar-refractivity contribution in [3.63, 3.8) is 0 Å². The summed E-state index contributed by atoms with van der Waals surface area (Å²) in [7, 11) is 0. The molecule has 0 saturated carbocycles. The van der Waals surface area contributed by atoms with Crippen LogP contribution in [0.15, 0.2) is 0 Å². The number of nitrogens with zero attached hydrogens (tertiary/aromatic N) is 1. The van der Waals surface area contributed by atoms with E-state index >= 15 is 0 Å². The first kappa shape index (κ1) is 35.4. The van der Waals surface area contributed by atoms with Crippen molar-refractivity contribution < 1.29 is 14.4 Å². The van der Waals surface area contributed by atoms with Crippen molar-refractivity contribution in [3.05, 3.63) is 0 Å². The number of hydrogen-bond donors (Lipinski definition) is 2. The number of carbonyl (C=O) groups excluding carboxylic acids is 3. The molecule has 0 radical (unpaired) electrons. The molecule has 0 aromatic heterocycles. The summed E-state index contributed by atoms with van der Waals surface area (Å²) in [4.78, 5) is 39.0. The molecule has 0 aromatic rings. The third-order valence-corrected chi connectivity index (χ3v) is 7.19. The first-order chi connectivity index (χ1) is 18.0. The van der Waals surface area contributed by atoms with Crippen LogP contribution in [0.3, 0.4) is 0 Å². The molecule has 37 heavy (non-hydrogen) atoms. The summed E-state index contributed by atoms with van der Waals surface area (Å²) < 4.78 is 0. The second-order valence-corrected chi connectivity index (χ2v) is 10.9. The highest BCUT2D eigenvalue weighted by Gasteiger charge is 2.25.